The molecular weight excluding hydrogens is 722 g/mol. The minimum Gasteiger partial charge on any atom is -0.457 e. The zero-order chi connectivity index (χ0) is 34.1. The molecule has 0 saturated heterocycles. The van der Waals surface area contributed by atoms with Crippen molar-refractivity contribution in [1.82, 2.24) is 4.98 Å². The summed E-state index contributed by atoms with van der Waals surface area (Å²) < 4.78 is 14.7. The molecule has 0 aliphatic carbocycles. The highest BCUT2D eigenvalue weighted by molar-refractivity contribution is 9.10. The van der Waals surface area contributed by atoms with E-state index in [-0.39, 0.29) is 10.8 Å². The van der Waals surface area contributed by atoms with Gasteiger partial charge in [0.05, 0.1) is 11.4 Å². The molecule has 0 spiro atoms. The first-order valence-corrected chi connectivity index (χ1v) is 17.6. The minimum atomic E-state index is -0.00902. The Labute approximate surface area is 301 Å². The summed E-state index contributed by atoms with van der Waals surface area (Å²) in [4.78, 5) is 5.24. The van der Waals surface area contributed by atoms with E-state index in [9.17, 15) is 0 Å². The maximum Gasteiger partial charge on any atom is 0.131 e. The first-order valence-electron chi connectivity index (χ1n) is 16.1. The zero-order valence-electron chi connectivity index (χ0n) is 28.1. The van der Waals surface area contributed by atoms with Gasteiger partial charge in [-0.15, -0.1) is 0 Å². The molecule has 6 aromatic rings. The summed E-state index contributed by atoms with van der Waals surface area (Å²) in [5, 5.41) is 0. The number of aromatic nitrogens is 1. The summed E-state index contributed by atoms with van der Waals surface area (Å²) in [6.45, 7) is 13.6. The van der Waals surface area contributed by atoms with Crippen molar-refractivity contribution in [2.24, 2.45) is 0 Å². The second kappa shape index (κ2) is 13.7. The van der Waals surface area contributed by atoms with Crippen LogP contribution >= 0.6 is 31.9 Å². The molecule has 0 bridgehead atoms. The highest BCUT2D eigenvalue weighted by Crippen LogP contribution is 2.39. The maximum absolute atomic E-state index is 6.41. The standard InChI is InChI=1S/C43H39Br2NO2/c1-42(2,3)32-18-29(19-33(24-32)43(4,5)6)30-22-40(28-12-8-7-9-13-28)46-41(23-30)31-20-38(47-36-16-10-14-34(44)25-36)27-39(21-31)48-37-17-11-15-35(45)26-37/h7-27H,1-6H3. The molecule has 48 heavy (non-hydrogen) atoms. The summed E-state index contributed by atoms with van der Waals surface area (Å²) in [5.74, 6) is 2.73. The minimum absolute atomic E-state index is 0.00902. The predicted octanol–water partition coefficient (Wildman–Crippen LogP) is 13.8. The smallest absolute Gasteiger partial charge is 0.131 e. The summed E-state index contributed by atoms with van der Waals surface area (Å²) in [5.41, 5.74) is 8.51. The van der Waals surface area contributed by atoms with Gasteiger partial charge in [-0.25, -0.2) is 4.98 Å². The molecule has 3 nitrogen and oxygen atoms in total. The SMILES string of the molecule is CC(C)(C)c1cc(-c2cc(-c3ccccc3)nc(-c3cc(Oc4cccc(Br)c4)cc(Oc4cccc(Br)c4)c3)c2)cc(C(C)(C)C)c1. The van der Waals surface area contributed by atoms with Gasteiger partial charge in [-0.05, 0) is 93.7 Å². The van der Waals surface area contributed by atoms with E-state index in [0.29, 0.717) is 11.5 Å². The molecule has 1 aromatic heterocycles. The fraction of sp³-hybridized carbons (Fsp3) is 0.186. The van der Waals surface area contributed by atoms with Gasteiger partial charge in [0.1, 0.15) is 23.0 Å². The molecule has 0 unspecified atom stereocenters. The van der Waals surface area contributed by atoms with Crippen LogP contribution in [0.1, 0.15) is 52.7 Å². The van der Waals surface area contributed by atoms with Crippen molar-refractivity contribution in [1.29, 1.82) is 0 Å². The lowest BCUT2D eigenvalue weighted by molar-refractivity contribution is 0.460. The predicted molar refractivity (Wildman–Crippen MR) is 206 cm³/mol. The maximum atomic E-state index is 6.41. The molecule has 0 saturated carbocycles. The Balaban J connectivity index is 1.55. The van der Waals surface area contributed by atoms with Crippen LogP contribution in [0.3, 0.4) is 0 Å². The summed E-state index contributed by atoms with van der Waals surface area (Å²) in [6, 6.07) is 43.4. The lowest BCUT2D eigenvalue weighted by Crippen LogP contribution is -2.16. The van der Waals surface area contributed by atoms with Gasteiger partial charge in [-0.2, -0.15) is 0 Å². The first kappa shape index (κ1) is 33.7. The van der Waals surface area contributed by atoms with Crippen molar-refractivity contribution >= 4 is 31.9 Å². The Morgan fingerprint density at radius 1 is 0.417 bits per heavy atom. The van der Waals surface area contributed by atoms with Crippen molar-refractivity contribution in [3.05, 3.63) is 147 Å². The van der Waals surface area contributed by atoms with Gasteiger partial charge >= 0.3 is 0 Å². The van der Waals surface area contributed by atoms with Crippen molar-refractivity contribution in [3.8, 4) is 56.6 Å². The molecule has 1 heterocycles. The number of ether oxygens (including phenoxy) is 2. The van der Waals surface area contributed by atoms with Crippen molar-refractivity contribution in [3.63, 3.8) is 0 Å². The molecule has 5 heteroatoms. The normalized spacial score (nSPS) is 11.8. The van der Waals surface area contributed by atoms with Gasteiger partial charge in [0.25, 0.3) is 0 Å². The molecule has 0 N–H and O–H groups in total. The number of nitrogens with zero attached hydrogens (tertiary/aromatic N) is 1. The van der Waals surface area contributed by atoms with Crippen LogP contribution in [0, 0.1) is 0 Å². The Morgan fingerprint density at radius 3 is 1.38 bits per heavy atom. The Morgan fingerprint density at radius 2 is 0.896 bits per heavy atom. The van der Waals surface area contributed by atoms with Gasteiger partial charge < -0.3 is 9.47 Å². The highest BCUT2D eigenvalue weighted by Gasteiger charge is 2.22. The topological polar surface area (TPSA) is 31.4 Å². The van der Waals surface area contributed by atoms with E-state index in [1.165, 1.54) is 16.7 Å². The lowest BCUT2D eigenvalue weighted by atomic mass is 9.79. The quantitative estimate of drug-likeness (QED) is 0.162. The van der Waals surface area contributed by atoms with Gasteiger partial charge in [0.15, 0.2) is 0 Å². The molecule has 5 aromatic carbocycles. The highest BCUT2D eigenvalue weighted by atomic mass is 79.9. The molecule has 0 aliphatic heterocycles. The second-order valence-electron chi connectivity index (χ2n) is 14.1. The zero-order valence-corrected chi connectivity index (χ0v) is 31.3. The summed E-state index contributed by atoms with van der Waals surface area (Å²) >= 11 is 7.14. The van der Waals surface area contributed by atoms with E-state index in [0.717, 1.165) is 48.5 Å². The third-order valence-corrected chi connectivity index (χ3v) is 9.12. The summed E-state index contributed by atoms with van der Waals surface area (Å²) in [6.07, 6.45) is 0. The van der Waals surface area contributed by atoms with Crippen LogP contribution in [-0.4, -0.2) is 4.98 Å². The third-order valence-electron chi connectivity index (χ3n) is 8.13. The van der Waals surface area contributed by atoms with E-state index in [4.69, 9.17) is 14.5 Å². The lowest BCUT2D eigenvalue weighted by Gasteiger charge is -2.26. The summed E-state index contributed by atoms with van der Waals surface area (Å²) in [7, 11) is 0. The van der Waals surface area contributed by atoms with Gasteiger partial charge in [-0.1, -0.05) is 134 Å². The largest absolute Gasteiger partial charge is 0.457 e. The van der Waals surface area contributed by atoms with Gasteiger partial charge in [-0.3, -0.25) is 0 Å². The monoisotopic (exact) mass is 759 g/mol. The average Bonchev–Trinajstić information content (AvgIpc) is 3.04. The van der Waals surface area contributed by atoms with E-state index < -0.39 is 0 Å². The van der Waals surface area contributed by atoms with Crippen LogP contribution in [0.4, 0.5) is 0 Å². The van der Waals surface area contributed by atoms with Gasteiger partial charge in [0.2, 0.25) is 0 Å². The molecule has 0 aliphatic rings. The molecule has 242 valence electrons. The number of benzene rings is 5. The Hall–Kier alpha value is -4.19. The molecule has 0 amide bonds. The molecule has 6 rings (SSSR count). The molecular formula is C43H39Br2NO2. The fourth-order valence-electron chi connectivity index (χ4n) is 5.43. The van der Waals surface area contributed by atoms with Crippen LogP contribution in [-0.2, 0) is 10.8 Å². The number of hydrogen-bond donors (Lipinski definition) is 0. The van der Waals surface area contributed by atoms with Gasteiger partial charge in [0, 0.05) is 26.1 Å². The van der Waals surface area contributed by atoms with Crippen LogP contribution in [0.15, 0.2) is 136 Å². The van der Waals surface area contributed by atoms with Crippen LogP contribution in [0.2, 0.25) is 0 Å². The molecule has 0 radical (unpaired) electrons. The fourth-order valence-corrected chi connectivity index (χ4v) is 6.19. The number of rotatable bonds is 7. The van der Waals surface area contributed by atoms with Crippen molar-refractivity contribution < 1.29 is 9.47 Å². The van der Waals surface area contributed by atoms with E-state index in [1.807, 2.05) is 72.8 Å². The number of pyridine rings is 1. The second-order valence-corrected chi connectivity index (χ2v) is 15.9. The average molecular weight is 762 g/mol. The van der Waals surface area contributed by atoms with Crippen LogP contribution in [0.25, 0.3) is 33.6 Å². The van der Waals surface area contributed by atoms with E-state index in [2.05, 4.69) is 128 Å². The number of halogens is 2. The van der Waals surface area contributed by atoms with E-state index in [1.54, 1.807) is 0 Å². The first-order chi connectivity index (χ1) is 22.8. The number of hydrogen-bond acceptors (Lipinski definition) is 3. The van der Waals surface area contributed by atoms with Crippen molar-refractivity contribution in [2.75, 3.05) is 0 Å². The van der Waals surface area contributed by atoms with Crippen LogP contribution in [0.5, 0.6) is 23.0 Å². The molecule has 0 atom stereocenters. The Bertz CT molecular complexity index is 1980. The third kappa shape index (κ3) is 8.26. The molecule has 0 fully saturated rings. The van der Waals surface area contributed by atoms with Crippen molar-refractivity contribution in [2.45, 2.75) is 52.4 Å². The van der Waals surface area contributed by atoms with Crippen LogP contribution < -0.4 is 9.47 Å². The Kier molecular flexibility index (Phi) is 9.64. The van der Waals surface area contributed by atoms with E-state index >= 15 is 0 Å².